The number of methoxy groups -OCH3 is 1. The number of hydrogen-bond acceptors (Lipinski definition) is 4. The molecule has 0 aromatic heterocycles. The van der Waals surface area contributed by atoms with E-state index in [9.17, 15) is 0 Å². The number of hydrogen-bond donors (Lipinski definition) is 2. The number of likely N-dealkylation sites (N-methyl/N-ethyl adjacent to an activating group) is 1. The highest BCUT2D eigenvalue weighted by Gasteiger charge is 2.44. The zero-order valence-corrected chi connectivity index (χ0v) is 14.0. The zero-order valence-electron chi connectivity index (χ0n) is 14.0. The first kappa shape index (κ1) is 16.3. The molecule has 0 spiro atoms. The molecule has 1 fully saturated rings. The Morgan fingerprint density at radius 3 is 2.29 bits per heavy atom. The van der Waals surface area contributed by atoms with Crippen LogP contribution >= 0.6 is 0 Å². The van der Waals surface area contributed by atoms with Crippen LogP contribution in [0.15, 0.2) is 12.1 Å². The molecule has 1 aliphatic carbocycles. The lowest BCUT2D eigenvalue weighted by molar-refractivity contribution is 0.104. The van der Waals surface area contributed by atoms with Crippen molar-refractivity contribution in [3.05, 3.63) is 28.8 Å². The summed E-state index contributed by atoms with van der Waals surface area (Å²) in [6, 6.07) is 4.48. The SMILES string of the molecule is COc1cc(C)c(C(NN)C2(N(C)C)CCCC2)cc1C. The molecule has 21 heavy (non-hydrogen) atoms. The van der Waals surface area contributed by atoms with E-state index in [-0.39, 0.29) is 11.6 Å². The molecule has 3 N–H and O–H groups in total. The van der Waals surface area contributed by atoms with E-state index in [4.69, 9.17) is 10.6 Å². The quantitative estimate of drug-likeness (QED) is 0.647. The molecule has 4 heteroatoms. The fourth-order valence-electron chi connectivity index (χ4n) is 3.86. The van der Waals surface area contributed by atoms with Gasteiger partial charge in [-0.15, -0.1) is 0 Å². The summed E-state index contributed by atoms with van der Waals surface area (Å²) >= 11 is 0. The first-order valence-corrected chi connectivity index (χ1v) is 7.75. The number of hydrazine groups is 1. The third kappa shape index (κ3) is 2.80. The summed E-state index contributed by atoms with van der Waals surface area (Å²) < 4.78 is 5.43. The Morgan fingerprint density at radius 2 is 1.81 bits per heavy atom. The first-order valence-electron chi connectivity index (χ1n) is 7.75. The molecule has 1 aliphatic rings. The van der Waals surface area contributed by atoms with Gasteiger partial charge in [0.05, 0.1) is 13.2 Å². The number of aryl methyl sites for hydroxylation is 2. The van der Waals surface area contributed by atoms with Gasteiger partial charge in [-0.25, -0.2) is 0 Å². The highest BCUT2D eigenvalue weighted by Crippen LogP contribution is 2.44. The van der Waals surface area contributed by atoms with Gasteiger partial charge in [-0.05, 0) is 63.5 Å². The summed E-state index contributed by atoms with van der Waals surface area (Å²) in [7, 11) is 6.06. The predicted molar refractivity (Wildman–Crippen MR) is 87.4 cm³/mol. The van der Waals surface area contributed by atoms with Gasteiger partial charge in [-0.3, -0.25) is 11.3 Å². The highest BCUT2D eigenvalue weighted by atomic mass is 16.5. The van der Waals surface area contributed by atoms with Gasteiger partial charge < -0.3 is 9.64 Å². The van der Waals surface area contributed by atoms with E-state index in [0.717, 1.165) is 11.3 Å². The third-order valence-electron chi connectivity index (χ3n) is 5.16. The number of nitrogens with two attached hydrogens (primary N) is 1. The summed E-state index contributed by atoms with van der Waals surface area (Å²) in [5.74, 6) is 6.93. The van der Waals surface area contributed by atoms with Crippen molar-refractivity contribution in [2.45, 2.75) is 51.1 Å². The van der Waals surface area contributed by atoms with Crippen molar-refractivity contribution >= 4 is 0 Å². The molecule has 0 heterocycles. The van der Waals surface area contributed by atoms with E-state index in [0.29, 0.717) is 0 Å². The van der Waals surface area contributed by atoms with E-state index in [1.807, 2.05) is 0 Å². The van der Waals surface area contributed by atoms with Crippen molar-refractivity contribution < 1.29 is 4.74 Å². The van der Waals surface area contributed by atoms with Crippen LogP contribution in [0.5, 0.6) is 5.75 Å². The molecule has 1 aromatic rings. The van der Waals surface area contributed by atoms with Crippen LogP contribution in [0.4, 0.5) is 0 Å². The molecule has 4 nitrogen and oxygen atoms in total. The van der Waals surface area contributed by atoms with Gasteiger partial charge in [0, 0.05) is 5.54 Å². The molecule has 1 saturated carbocycles. The molecule has 1 unspecified atom stereocenters. The van der Waals surface area contributed by atoms with Gasteiger partial charge in [0.15, 0.2) is 0 Å². The smallest absolute Gasteiger partial charge is 0.122 e. The summed E-state index contributed by atoms with van der Waals surface area (Å²) in [6.45, 7) is 4.23. The molecular formula is C17H29N3O. The van der Waals surface area contributed by atoms with Gasteiger partial charge in [-0.1, -0.05) is 18.9 Å². The summed E-state index contributed by atoms with van der Waals surface area (Å²) in [5.41, 5.74) is 6.87. The van der Waals surface area contributed by atoms with Gasteiger partial charge in [0.2, 0.25) is 0 Å². The van der Waals surface area contributed by atoms with Gasteiger partial charge >= 0.3 is 0 Å². The monoisotopic (exact) mass is 291 g/mol. The number of nitrogens with one attached hydrogen (secondary N) is 1. The maximum absolute atomic E-state index is 5.99. The number of nitrogens with zero attached hydrogens (tertiary/aromatic N) is 1. The Morgan fingerprint density at radius 1 is 1.19 bits per heavy atom. The number of rotatable bonds is 5. The lowest BCUT2D eigenvalue weighted by Gasteiger charge is -2.43. The van der Waals surface area contributed by atoms with E-state index < -0.39 is 0 Å². The predicted octanol–water partition coefficient (Wildman–Crippen LogP) is 2.69. The molecule has 1 aromatic carbocycles. The number of ether oxygens (including phenoxy) is 1. The lowest BCUT2D eigenvalue weighted by atomic mass is 9.81. The average molecular weight is 291 g/mol. The van der Waals surface area contributed by atoms with Crippen molar-refractivity contribution in [2.24, 2.45) is 5.84 Å². The van der Waals surface area contributed by atoms with Crippen molar-refractivity contribution in [1.82, 2.24) is 10.3 Å². The summed E-state index contributed by atoms with van der Waals surface area (Å²) in [5, 5.41) is 0. The van der Waals surface area contributed by atoms with Crippen molar-refractivity contribution in [3.8, 4) is 5.75 Å². The van der Waals surface area contributed by atoms with E-state index in [1.165, 1.54) is 36.8 Å². The molecule has 0 radical (unpaired) electrons. The van der Waals surface area contributed by atoms with Crippen LogP contribution in [0.3, 0.4) is 0 Å². The van der Waals surface area contributed by atoms with Crippen LogP contribution in [0.25, 0.3) is 0 Å². The molecule has 0 aliphatic heterocycles. The molecule has 2 rings (SSSR count). The van der Waals surface area contributed by atoms with Crippen LogP contribution in [0.2, 0.25) is 0 Å². The minimum absolute atomic E-state index is 0.0978. The molecule has 0 saturated heterocycles. The molecule has 1 atom stereocenters. The van der Waals surface area contributed by atoms with Crippen LogP contribution in [-0.2, 0) is 0 Å². The molecular weight excluding hydrogens is 262 g/mol. The molecule has 0 bridgehead atoms. The maximum atomic E-state index is 5.99. The Kier molecular flexibility index (Phi) is 4.91. The van der Waals surface area contributed by atoms with Crippen LogP contribution in [0.1, 0.15) is 48.4 Å². The Hall–Kier alpha value is -1.10. The van der Waals surface area contributed by atoms with E-state index in [2.05, 4.69) is 50.4 Å². The normalized spacial score (nSPS) is 19.0. The topological polar surface area (TPSA) is 50.5 Å². The maximum Gasteiger partial charge on any atom is 0.122 e. The lowest BCUT2D eigenvalue weighted by Crippen LogP contribution is -2.53. The van der Waals surface area contributed by atoms with Gasteiger partial charge in [0.1, 0.15) is 5.75 Å². The van der Waals surface area contributed by atoms with Crippen LogP contribution < -0.4 is 16.0 Å². The van der Waals surface area contributed by atoms with Gasteiger partial charge in [-0.2, -0.15) is 0 Å². The van der Waals surface area contributed by atoms with Crippen molar-refractivity contribution in [3.63, 3.8) is 0 Å². The Balaban J connectivity index is 2.48. The standard InChI is InChI=1S/C17H29N3O/c1-12-11-15(21-5)13(2)10-14(12)16(19-18)17(20(3)4)8-6-7-9-17/h10-11,16,19H,6-9,18H2,1-5H3. The Bertz CT molecular complexity index is 493. The molecule has 118 valence electrons. The summed E-state index contributed by atoms with van der Waals surface area (Å²) in [6.07, 6.45) is 4.90. The largest absolute Gasteiger partial charge is 0.496 e. The second-order valence-electron chi connectivity index (χ2n) is 6.48. The molecule has 0 amide bonds. The minimum atomic E-state index is 0.0978. The van der Waals surface area contributed by atoms with E-state index >= 15 is 0 Å². The van der Waals surface area contributed by atoms with Crippen LogP contribution in [0, 0.1) is 13.8 Å². The highest BCUT2D eigenvalue weighted by molar-refractivity contribution is 5.44. The number of benzene rings is 1. The Labute approximate surface area is 128 Å². The zero-order chi connectivity index (χ0) is 15.6. The fraction of sp³-hybridized carbons (Fsp3) is 0.647. The average Bonchev–Trinajstić information content (AvgIpc) is 2.93. The first-order chi connectivity index (χ1) is 9.96. The van der Waals surface area contributed by atoms with E-state index in [1.54, 1.807) is 7.11 Å². The second-order valence-corrected chi connectivity index (χ2v) is 6.48. The third-order valence-corrected chi connectivity index (χ3v) is 5.16. The minimum Gasteiger partial charge on any atom is -0.496 e. The fourth-order valence-corrected chi connectivity index (χ4v) is 3.86. The van der Waals surface area contributed by atoms with Crippen molar-refractivity contribution in [2.75, 3.05) is 21.2 Å². The second kappa shape index (κ2) is 6.34. The van der Waals surface area contributed by atoms with Crippen LogP contribution in [-0.4, -0.2) is 31.6 Å². The van der Waals surface area contributed by atoms with Gasteiger partial charge in [0.25, 0.3) is 0 Å². The van der Waals surface area contributed by atoms with Crippen molar-refractivity contribution in [1.29, 1.82) is 0 Å². The summed E-state index contributed by atoms with van der Waals surface area (Å²) in [4.78, 5) is 2.35.